The first kappa shape index (κ1) is 15.4. The molecule has 2 atom stereocenters. The predicted molar refractivity (Wildman–Crippen MR) is 86.5 cm³/mol. The first-order chi connectivity index (χ1) is 9.69. The van der Waals surface area contributed by atoms with Gasteiger partial charge >= 0.3 is 0 Å². The number of rotatable bonds is 6. The Morgan fingerprint density at radius 3 is 2.55 bits per heavy atom. The number of hydrogen-bond donors (Lipinski definition) is 0. The zero-order chi connectivity index (χ0) is 14.4. The Bertz CT molecular complexity index is 394. The molecule has 20 heavy (non-hydrogen) atoms. The van der Waals surface area contributed by atoms with E-state index in [1.165, 1.54) is 43.4 Å². The predicted octanol–water partition coefficient (Wildman–Crippen LogP) is 4.42. The van der Waals surface area contributed by atoms with Crippen molar-refractivity contribution < 1.29 is 4.74 Å². The Morgan fingerprint density at radius 2 is 1.85 bits per heavy atom. The van der Waals surface area contributed by atoms with Gasteiger partial charge in [-0.25, -0.2) is 0 Å². The fraction of sp³-hybridized carbons (Fsp3) is 0.667. The van der Waals surface area contributed by atoms with Crippen molar-refractivity contribution in [2.24, 2.45) is 0 Å². The summed E-state index contributed by atoms with van der Waals surface area (Å²) >= 11 is 0. The van der Waals surface area contributed by atoms with Crippen molar-refractivity contribution in [1.82, 2.24) is 0 Å². The number of benzene rings is 1. The molecule has 0 aliphatic carbocycles. The van der Waals surface area contributed by atoms with Gasteiger partial charge in [-0.1, -0.05) is 38.3 Å². The smallest absolute Gasteiger partial charge is 0.0726 e. The van der Waals surface area contributed by atoms with E-state index in [0.717, 1.165) is 13.1 Å². The molecule has 1 aliphatic heterocycles. The molecule has 1 fully saturated rings. The topological polar surface area (TPSA) is 12.5 Å². The third-order valence-electron chi connectivity index (χ3n) is 4.01. The number of anilines is 1. The molecular weight excluding hydrogens is 246 g/mol. The Labute approximate surface area is 124 Å². The van der Waals surface area contributed by atoms with Crippen molar-refractivity contribution in [3.63, 3.8) is 0 Å². The molecule has 0 aromatic heterocycles. The Morgan fingerprint density at radius 1 is 1.10 bits per heavy atom. The van der Waals surface area contributed by atoms with E-state index in [1.807, 2.05) is 0 Å². The van der Waals surface area contributed by atoms with Crippen LogP contribution in [0, 0.1) is 0 Å². The van der Waals surface area contributed by atoms with Gasteiger partial charge in [-0.15, -0.1) is 0 Å². The van der Waals surface area contributed by atoms with E-state index in [9.17, 15) is 0 Å². The molecule has 1 saturated heterocycles. The number of unbranched alkanes of at least 4 members (excludes halogenated alkanes) is 3. The molecule has 0 spiro atoms. The fourth-order valence-electron chi connectivity index (χ4n) is 3.05. The van der Waals surface area contributed by atoms with Crippen molar-refractivity contribution >= 4 is 5.69 Å². The van der Waals surface area contributed by atoms with Crippen molar-refractivity contribution in [1.29, 1.82) is 0 Å². The summed E-state index contributed by atoms with van der Waals surface area (Å²) < 4.78 is 5.82. The maximum atomic E-state index is 5.82. The van der Waals surface area contributed by atoms with Gasteiger partial charge in [0.25, 0.3) is 0 Å². The first-order valence-corrected chi connectivity index (χ1v) is 8.18. The van der Waals surface area contributed by atoms with E-state index in [0.29, 0.717) is 12.2 Å². The minimum Gasteiger partial charge on any atom is -0.372 e. The third kappa shape index (κ3) is 4.52. The van der Waals surface area contributed by atoms with E-state index in [-0.39, 0.29) is 0 Å². The lowest BCUT2D eigenvalue weighted by Crippen LogP contribution is -2.45. The zero-order valence-electron chi connectivity index (χ0n) is 13.3. The Hall–Kier alpha value is -1.02. The molecule has 2 heteroatoms. The van der Waals surface area contributed by atoms with Gasteiger partial charge in [0.2, 0.25) is 0 Å². The minimum absolute atomic E-state index is 0.326. The maximum Gasteiger partial charge on any atom is 0.0726 e. The van der Waals surface area contributed by atoms with Crippen LogP contribution in [-0.4, -0.2) is 25.3 Å². The quantitative estimate of drug-likeness (QED) is 0.712. The minimum atomic E-state index is 0.326. The van der Waals surface area contributed by atoms with E-state index in [1.54, 1.807) is 0 Å². The standard InChI is InChI=1S/C18H29NO/c1-4-5-6-7-9-17-10-8-11-18(12-17)19-13-15(2)20-16(3)14-19/h8,10-12,15-16H,4-7,9,13-14H2,1-3H3/t15-,16+. The highest BCUT2D eigenvalue weighted by Crippen LogP contribution is 2.22. The highest BCUT2D eigenvalue weighted by Gasteiger charge is 2.22. The van der Waals surface area contributed by atoms with Crippen LogP contribution < -0.4 is 4.90 Å². The number of morpholine rings is 1. The average Bonchev–Trinajstić information content (AvgIpc) is 2.43. The highest BCUT2D eigenvalue weighted by atomic mass is 16.5. The van der Waals surface area contributed by atoms with Crippen LogP contribution >= 0.6 is 0 Å². The SMILES string of the molecule is CCCCCCc1cccc(N2C[C@@H](C)O[C@@H](C)C2)c1. The lowest BCUT2D eigenvalue weighted by Gasteiger charge is -2.37. The van der Waals surface area contributed by atoms with Crippen LogP contribution in [0.2, 0.25) is 0 Å². The van der Waals surface area contributed by atoms with Crippen LogP contribution in [0.3, 0.4) is 0 Å². The van der Waals surface area contributed by atoms with Crippen molar-refractivity contribution in [2.75, 3.05) is 18.0 Å². The van der Waals surface area contributed by atoms with E-state index in [2.05, 4.69) is 49.9 Å². The molecule has 2 nitrogen and oxygen atoms in total. The average molecular weight is 275 g/mol. The number of aryl methyl sites for hydroxylation is 1. The van der Waals surface area contributed by atoms with Crippen LogP contribution in [0.1, 0.15) is 52.0 Å². The summed E-state index contributed by atoms with van der Waals surface area (Å²) in [5, 5.41) is 0. The summed E-state index contributed by atoms with van der Waals surface area (Å²) in [4.78, 5) is 2.47. The van der Waals surface area contributed by atoms with E-state index in [4.69, 9.17) is 4.74 Å². The highest BCUT2D eigenvalue weighted by molar-refractivity contribution is 5.49. The summed E-state index contributed by atoms with van der Waals surface area (Å²) in [6.07, 6.45) is 7.20. The molecule has 0 bridgehead atoms. The summed E-state index contributed by atoms with van der Waals surface area (Å²) in [5.41, 5.74) is 2.84. The normalized spacial score (nSPS) is 23.1. The number of nitrogens with zero attached hydrogens (tertiary/aromatic N) is 1. The number of ether oxygens (including phenoxy) is 1. The van der Waals surface area contributed by atoms with Crippen LogP contribution in [-0.2, 0) is 11.2 Å². The molecule has 0 saturated carbocycles. The van der Waals surface area contributed by atoms with Crippen molar-refractivity contribution in [3.8, 4) is 0 Å². The molecule has 1 aromatic carbocycles. The molecule has 0 radical (unpaired) electrons. The van der Waals surface area contributed by atoms with E-state index < -0.39 is 0 Å². The Kier molecular flexibility index (Phi) is 5.90. The van der Waals surface area contributed by atoms with Crippen LogP contribution in [0.4, 0.5) is 5.69 Å². The molecule has 1 aliphatic rings. The molecule has 2 rings (SSSR count). The van der Waals surface area contributed by atoms with Gasteiger partial charge in [0.05, 0.1) is 12.2 Å². The van der Waals surface area contributed by atoms with Gasteiger partial charge in [0.1, 0.15) is 0 Å². The lowest BCUT2D eigenvalue weighted by molar-refractivity contribution is -0.00522. The van der Waals surface area contributed by atoms with Crippen LogP contribution in [0.15, 0.2) is 24.3 Å². The molecular formula is C18H29NO. The summed E-state index contributed by atoms with van der Waals surface area (Å²) in [5.74, 6) is 0. The summed E-state index contributed by atoms with van der Waals surface area (Å²) in [7, 11) is 0. The fourth-order valence-corrected chi connectivity index (χ4v) is 3.05. The summed E-state index contributed by atoms with van der Waals surface area (Å²) in [6, 6.07) is 9.08. The maximum absolute atomic E-state index is 5.82. The second-order valence-electron chi connectivity index (χ2n) is 6.14. The molecule has 1 heterocycles. The molecule has 0 amide bonds. The lowest BCUT2D eigenvalue weighted by atomic mass is 10.0. The van der Waals surface area contributed by atoms with Gasteiger partial charge in [-0.05, 0) is 44.4 Å². The second kappa shape index (κ2) is 7.68. The van der Waals surface area contributed by atoms with E-state index >= 15 is 0 Å². The largest absolute Gasteiger partial charge is 0.372 e. The first-order valence-electron chi connectivity index (χ1n) is 8.18. The molecule has 0 unspecified atom stereocenters. The Balaban J connectivity index is 1.94. The van der Waals surface area contributed by atoms with Gasteiger partial charge in [-0.2, -0.15) is 0 Å². The molecule has 112 valence electrons. The van der Waals surface area contributed by atoms with Gasteiger partial charge in [0, 0.05) is 18.8 Å². The third-order valence-corrected chi connectivity index (χ3v) is 4.01. The second-order valence-corrected chi connectivity index (χ2v) is 6.14. The summed E-state index contributed by atoms with van der Waals surface area (Å²) in [6.45, 7) is 8.60. The van der Waals surface area contributed by atoms with Crippen LogP contribution in [0.5, 0.6) is 0 Å². The van der Waals surface area contributed by atoms with Gasteiger partial charge in [0.15, 0.2) is 0 Å². The zero-order valence-corrected chi connectivity index (χ0v) is 13.3. The molecule has 0 N–H and O–H groups in total. The molecule has 1 aromatic rings. The van der Waals surface area contributed by atoms with Crippen molar-refractivity contribution in [2.45, 2.75) is 65.1 Å². The van der Waals surface area contributed by atoms with Crippen LogP contribution in [0.25, 0.3) is 0 Å². The van der Waals surface area contributed by atoms with Gasteiger partial charge in [-0.3, -0.25) is 0 Å². The van der Waals surface area contributed by atoms with Gasteiger partial charge < -0.3 is 9.64 Å². The monoisotopic (exact) mass is 275 g/mol. The van der Waals surface area contributed by atoms with Crippen molar-refractivity contribution in [3.05, 3.63) is 29.8 Å². The number of hydrogen-bond acceptors (Lipinski definition) is 2.